The Kier molecular flexibility index (Phi) is 5.21. The molecule has 0 saturated carbocycles. The van der Waals surface area contributed by atoms with Crippen molar-refractivity contribution in [2.75, 3.05) is 0 Å². The Hall–Kier alpha value is 0.856. The molecule has 0 N–H and O–H groups in total. The van der Waals surface area contributed by atoms with E-state index in [2.05, 4.69) is 19.1 Å². The molecule has 1 aromatic carbocycles. The van der Waals surface area contributed by atoms with Gasteiger partial charge in [0, 0.05) is 0 Å². The molecule has 36 valence electrons. The summed E-state index contributed by atoms with van der Waals surface area (Å²) >= 11 is 0. The van der Waals surface area contributed by atoms with Crippen molar-refractivity contribution in [1.82, 2.24) is 0 Å². The van der Waals surface area contributed by atoms with Crippen molar-refractivity contribution in [3.63, 3.8) is 0 Å². The minimum atomic E-state index is 0. The Morgan fingerprint density at radius 3 is 1.75 bits per heavy atom. The van der Waals surface area contributed by atoms with Crippen LogP contribution in [-0.2, 0) is 0 Å². The number of rotatable bonds is 0. The SMILES string of the molecule is Cc1ccccc1.[K+]. The average Bonchev–Trinajstić information content (AvgIpc) is 1.69. The van der Waals surface area contributed by atoms with Crippen LogP contribution in [0.1, 0.15) is 5.56 Å². The van der Waals surface area contributed by atoms with Crippen LogP contribution in [0.3, 0.4) is 0 Å². The molecule has 0 amide bonds. The van der Waals surface area contributed by atoms with E-state index in [0.717, 1.165) is 0 Å². The second-order valence-corrected chi connectivity index (χ2v) is 1.65. The maximum Gasteiger partial charge on any atom is 1.00 e. The number of hydrogen-bond acceptors (Lipinski definition) is 0. The Morgan fingerprint density at radius 2 is 1.50 bits per heavy atom. The van der Waals surface area contributed by atoms with Crippen molar-refractivity contribution < 1.29 is 51.4 Å². The summed E-state index contributed by atoms with van der Waals surface area (Å²) in [5.41, 5.74) is 1.32. The molecule has 0 spiro atoms. The number of hydrogen-bond donors (Lipinski definition) is 0. The standard InChI is InChI=1S/C7H8.K/c1-7-5-3-2-4-6-7;/h2-6H,1H3;/q;+1. The summed E-state index contributed by atoms with van der Waals surface area (Å²) in [7, 11) is 0. The van der Waals surface area contributed by atoms with Gasteiger partial charge in [0.2, 0.25) is 0 Å². The molecular weight excluding hydrogens is 123 g/mol. The van der Waals surface area contributed by atoms with Crippen LogP contribution >= 0.6 is 0 Å². The monoisotopic (exact) mass is 131 g/mol. The van der Waals surface area contributed by atoms with Crippen LogP contribution in [0.2, 0.25) is 0 Å². The van der Waals surface area contributed by atoms with Gasteiger partial charge in [-0.2, -0.15) is 0 Å². The van der Waals surface area contributed by atoms with E-state index in [1.54, 1.807) is 0 Å². The molecule has 0 aliphatic carbocycles. The van der Waals surface area contributed by atoms with Crippen LogP contribution in [0.15, 0.2) is 30.3 Å². The molecule has 0 aliphatic rings. The van der Waals surface area contributed by atoms with Crippen molar-refractivity contribution in [2.45, 2.75) is 6.92 Å². The van der Waals surface area contributed by atoms with Gasteiger partial charge >= 0.3 is 51.4 Å². The molecule has 0 nitrogen and oxygen atoms in total. The van der Waals surface area contributed by atoms with Gasteiger partial charge < -0.3 is 0 Å². The van der Waals surface area contributed by atoms with Gasteiger partial charge in [0.05, 0.1) is 0 Å². The molecule has 0 heterocycles. The molecule has 0 bridgehead atoms. The largest absolute Gasteiger partial charge is 1.00 e. The van der Waals surface area contributed by atoms with Gasteiger partial charge in [-0.25, -0.2) is 0 Å². The number of aryl methyl sites for hydroxylation is 1. The van der Waals surface area contributed by atoms with Crippen molar-refractivity contribution in [3.05, 3.63) is 35.9 Å². The Morgan fingerprint density at radius 1 is 1.00 bits per heavy atom. The third-order valence-electron chi connectivity index (χ3n) is 0.940. The van der Waals surface area contributed by atoms with E-state index in [1.807, 2.05) is 18.2 Å². The van der Waals surface area contributed by atoms with Crippen LogP contribution in [0.5, 0.6) is 0 Å². The Balaban J connectivity index is 0.000000490. The summed E-state index contributed by atoms with van der Waals surface area (Å²) < 4.78 is 0. The van der Waals surface area contributed by atoms with Gasteiger partial charge in [0.1, 0.15) is 0 Å². The van der Waals surface area contributed by atoms with E-state index < -0.39 is 0 Å². The van der Waals surface area contributed by atoms with E-state index in [1.165, 1.54) is 5.56 Å². The molecule has 1 heteroatoms. The maximum atomic E-state index is 2.08. The fourth-order valence-corrected chi connectivity index (χ4v) is 0.534. The second-order valence-electron chi connectivity index (χ2n) is 1.65. The minimum absolute atomic E-state index is 0. The van der Waals surface area contributed by atoms with Gasteiger partial charge in [-0.3, -0.25) is 0 Å². The predicted octanol–water partition coefficient (Wildman–Crippen LogP) is -1.00. The number of benzene rings is 1. The summed E-state index contributed by atoms with van der Waals surface area (Å²) in [5.74, 6) is 0. The first kappa shape index (κ1) is 8.86. The van der Waals surface area contributed by atoms with Crippen molar-refractivity contribution in [2.24, 2.45) is 0 Å². The van der Waals surface area contributed by atoms with Gasteiger partial charge in [0.15, 0.2) is 0 Å². The van der Waals surface area contributed by atoms with Crippen molar-refractivity contribution in [1.29, 1.82) is 0 Å². The normalized spacial score (nSPS) is 7.62. The van der Waals surface area contributed by atoms with Crippen LogP contribution in [0.4, 0.5) is 0 Å². The van der Waals surface area contributed by atoms with Crippen LogP contribution in [0, 0.1) is 6.92 Å². The topological polar surface area (TPSA) is 0 Å². The van der Waals surface area contributed by atoms with E-state index in [-0.39, 0.29) is 51.4 Å². The fraction of sp³-hybridized carbons (Fsp3) is 0.143. The first-order valence-electron chi connectivity index (χ1n) is 2.41. The molecule has 0 aromatic heterocycles. The third kappa shape index (κ3) is 3.00. The van der Waals surface area contributed by atoms with Crippen molar-refractivity contribution >= 4 is 0 Å². The minimum Gasteiger partial charge on any atom is -0.0622 e. The average molecular weight is 131 g/mol. The smallest absolute Gasteiger partial charge is 0.0622 e. The van der Waals surface area contributed by atoms with E-state index in [4.69, 9.17) is 0 Å². The van der Waals surface area contributed by atoms with Gasteiger partial charge in [-0.05, 0) is 6.92 Å². The molecule has 0 radical (unpaired) electrons. The molecule has 1 aromatic rings. The molecular formula is C7H8K+. The van der Waals surface area contributed by atoms with Gasteiger partial charge in [-0.15, -0.1) is 0 Å². The van der Waals surface area contributed by atoms with Crippen molar-refractivity contribution in [3.8, 4) is 0 Å². The molecule has 1 rings (SSSR count). The maximum absolute atomic E-state index is 2.08. The molecule has 8 heavy (non-hydrogen) atoms. The first-order chi connectivity index (χ1) is 3.39. The zero-order valence-corrected chi connectivity index (χ0v) is 8.51. The van der Waals surface area contributed by atoms with Crippen LogP contribution < -0.4 is 51.4 Å². The first-order valence-corrected chi connectivity index (χ1v) is 2.41. The molecule has 0 fully saturated rings. The second kappa shape index (κ2) is 4.71. The molecule has 0 saturated heterocycles. The summed E-state index contributed by atoms with van der Waals surface area (Å²) in [5, 5.41) is 0. The van der Waals surface area contributed by atoms with E-state index in [0.29, 0.717) is 0 Å². The molecule has 0 aliphatic heterocycles. The van der Waals surface area contributed by atoms with Gasteiger partial charge in [0.25, 0.3) is 0 Å². The molecule has 0 atom stereocenters. The predicted molar refractivity (Wildman–Crippen MR) is 31.2 cm³/mol. The van der Waals surface area contributed by atoms with E-state index in [9.17, 15) is 0 Å². The van der Waals surface area contributed by atoms with E-state index >= 15 is 0 Å². The zero-order valence-electron chi connectivity index (χ0n) is 5.39. The third-order valence-corrected chi connectivity index (χ3v) is 0.940. The molecule has 0 unspecified atom stereocenters. The summed E-state index contributed by atoms with van der Waals surface area (Å²) in [6.45, 7) is 2.08. The quantitative estimate of drug-likeness (QED) is 0.396. The summed E-state index contributed by atoms with van der Waals surface area (Å²) in [6.07, 6.45) is 0. The van der Waals surface area contributed by atoms with Crippen LogP contribution in [0.25, 0.3) is 0 Å². The fourth-order valence-electron chi connectivity index (χ4n) is 0.534. The summed E-state index contributed by atoms with van der Waals surface area (Å²) in [4.78, 5) is 0. The summed E-state index contributed by atoms with van der Waals surface area (Å²) in [6, 6.07) is 10.3. The Labute approximate surface area is 92.7 Å². The van der Waals surface area contributed by atoms with Crippen LogP contribution in [-0.4, -0.2) is 0 Å². The zero-order chi connectivity index (χ0) is 5.11. The Bertz CT molecular complexity index is 134. The van der Waals surface area contributed by atoms with Gasteiger partial charge in [-0.1, -0.05) is 35.9 Å².